The van der Waals surface area contributed by atoms with Gasteiger partial charge in [0.05, 0.1) is 5.92 Å². The first-order valence-electron chi connectivity index (χ1n) is 8.05. The molecule has 0 aromatic heterocycles. The highest BCUT2D eigenvalue weighted by molar-refractivity contribution is 5.93. The second kappa shape index (κ2) is 8.18. The molecular formula is C18H30N2O. The standard InChI is InChI=1S/C18H30N2O/c1-6-7-15(11-19)18(21)20-17-9-8-14(12(2)3)10-16(17)13(4)5/h8-10,12-13,15H,6-7,11,19H2,1-5H3,(H,20,21). The first-order chi connectivity index (χ1) is 9.90. The fraction of sp³-hybridized carbons (Fsp3) is 0.611. The second-order valence-electron chi connectivity index (χ2n) is 6.37. The summed E-state index contributed by atoms with van der Waals surface area (Å²) >= 11 is 0. The van der Waals surface area contributed by atoms with Gasteiger partial charge in [-0.2, -0.15) is 0 Å². The molecular weight excluding hydrogens is 260 g/mol. The Morgan fingerprint density at radius 3 is 2.33 bits per heavy atom. The molecule has 0 radical (unpaired) electrons. The summed E-state index contributed by atoms with van der Waals surface area (Å²) in [5, 5.41) is 3.07. The molecule has 3 N–H and O–H groups in total. The number of carbonyl (C=O) groups is 1. The highest BCUT2D eigenvalue weighted by atomic mass is 16.1. The Hall–Kier alpha value is -1.35. The number of hydrogen-bond donors (Lipinski definition) is 2. The van der Waals surface area contributed by atoms with Crippen molar-refractivity contribution in [3.8, 4) is 0 Å². The van der Waals surface area contributed by atoms with Crippen LogP contribution in [0.1, 0.15) is 70.4 Å². The van der Waals surface area contributed by atoms with Crippen LogP contribution in [-0.4, -0.2) is 12.5 Å². The number of nitrogens with two attached hydrogens (primary N) is 1. The van der Waals surface area contributed by atoms with Crippen LogP contribution in [0.3, 0.4) is 0 Å². The lowest BCUT2D eigenvalue weighted by Crippen LogP contribution is -2.29. The van der Waals surface area contributed by atoms with Crippen molar-refractivity contribution in [3.05, 3.63) is 29.3 Å². The molecule has 0 fully saturated rings. The average molecular weight is 290 g/mol. The quantitative estimate of drug-likeness (QED) is 0.789. The van der Waals surface area contributed by atoms with E-state index < -0.39 is 0 Å². The summed E-state index contributed by atoms with van der Waals surface area (Å²) in [4.78, 5) is 12.3. The highest BCUT2D eigenvalue weighted by Gasteiger charge is 2.18. The van der Waals surface area contributed by atoms with Crippen LogP contribution in [0, 0.1) is 5.92 Å². The molecule has 1 aromatic rings. The monoisotopic (exact) mass is 290 g/mol. The van der Waals surface area contributed by atoms with E-state index in [1.165, 1.54) is 11.1 Å². The third-order valence-corrected chi connectivity index (χ3v) is 3.91. The number of anilines is 1. The molecule has 1 amide bonds. The van der Waals surface area contributed by atoms with Gasteiger partial charge in [0.1, 0.15) is 0 Å². The fourth-order valence-corrected chi connectivity index (χ4v) is 2.47. The van der Waals surface area contributed by atoms with Gasteiger partial charge in [-0.1, -0.05) is 53.2 Å². The van der Waals surface area contributed by atoms with Gasteiger partial charge in [-0.3, -0.25) is 4.79 Å². The van der Waals surface area contributed by atoms with Crippen molar-refractivity contribution in [3.63, 3.8) is 0 Å². The minimum absolute atomic E-state index is 0.0403. The normalized spacial score (nSPS) is 12.8. The molecule has 0 spiro atoms. The maximum absolute atomic E-state index is 12.3. The van der Waals surface area contributed by atoms with E-state index in [1.807, 2.05) is 6.07 Å². The van der Waals surface area contributed by atoms with Crippen LogP contribution >= 0.6 is 0 Å². The minimum Gasteiger partial charge on any atom is -0.330 e. The maximum atomic E-state index is 12.3. The smallest absolute Gasteiger partial charge is 0.228 e. The van der Waals surface area contributed by atoms with Gasteiger partial charge in [-0.15, -0.1) is 0 Å². The first kappa shape index (κ1) is 17.7. The Kier molecular flexibility index (Phi) is 6.90. The lowest BCUT2D eigenvalue weighted by molar-refractivity contribution is -0.119. The molecule has 0 heterocycles. The van der Waals surface area contributed by atoms with E-state index in [0.29, 0.717) is 18.4 Å². The Morgan fingerprint density at radius 2 is 1.86 bits per heavy atom. The zero-order valence-electron chi connectivity index (χ0n) is 14.1. The van der Waals surface area contributed by atoms with Crippen molar-refractivity contribution in [1.82, 2.24) is 0 Å². The van der Waals surface area contributed by atoms with Gasteiger partial charge in [-0.25, -0.2) is 0 Å². The predicted molar refractivity (Wildman–Crippen MR) is 90.7 cm³/mol. The van der Waals surface area contributed by atoms with Crippen molar-refractivity contribution in [1.29, 1.82) is 0 Å². The van der Waals surface area contributed by atoms with E-state index in [1.54, 1.807) is 0 Å². The fourth-order valence-electron chi connectivity index (χ4n) is 2.47. The lowest BCUT2D eigenvalue weighted by atomic mass is 9.93. The van der Waals surface area contributed by atoms with E-state index in [9.17, 15) is 4.79 Å². The van der Waals surface area contributed by atoms with Crippen molar-refractivity contribution < 1.29 is 4.79 Å². The first-order valence-corrected chi connectivity index (χ1v) is 8.05. The van der Waals surface area contributed by atoms with E-state index in [-0.39, 0.29) is 11.8 Å². The molecule has 0 saturated heterocycles. The number of rotatable bonds is 7. The third kappa shape index (κ3) is 4.85. The van der Waals surface area contributed by atoms with Crippen molar-refractivity contribution in [2.75, 3.05) is 11.9 Å². The number of carbonyl (C=O) groups excluding carboxylic acids is 1. The highest BCUT2D eigenvalue weighted by Crippen LogP contribution is 2.28. The molecule has 118 valence electrons. The number of hydrogen-bond acceptors (Lipinski definition) is 2. The van der Waals surface area contributed by atoms with E-state index >= 15 is 0 Å². The third-order valence-electron chi connectivity index (χ3n) is 3.91. The maximum Gasteiger partial charge on any atom is 0.228 e. The summed E-state index contributed by atoms with van der Waals surface area (Å²) in [6.45, 7) is 11.2. The van der Waals surface area contributed by atoms with Gasteiger partial charge >= 0.3 is 0 Å². The SMILES string of the molecule is CCCC(CN)C(=O)Nc1ccc(C(C)C)cc1C(C)C. The number of nitrogens with one attached hydrogen (secondary N) is 1. The van der Waals surface area contributed by atoms with Crippen LogP contribution in [0.25, 0.3) is 0 Å². The van der Waals surface area contributed by atoms with Crippen LogP contribution in [0.15, 0.2) is 18.2 Å². The topological polar surface area (TPSA) is 55.1 Å². The van der Waals surface area contributed by atoms with Gasteiger partial charge in [0.2, 0.25) is 5.91 Å². The van der Waals surface area contributed by atoms with Crippen molar-refractivity contribution in [2.24, 2.45) is 11.7 Å². The molecule has 0 aliphatic rings. The lowest BCUT2D eigenvalue weighted by Gasteiger charge is -2.19. The van der Waals surface area contributed by atoms with Gasteiger partial charge in [0.15, 0.2) is 0 Å². The molecule has 1 unspecified atom stereocenters. The molecule has 1 atom stereocenters. The van der Waals surface area contributed by atoms with Crippen LogP contribution in [0.2, 0.25) is 0 Å². The molecule has 21 heavy (non-hydrogen) atoms. The van der Waals surface area contributed by atoms with Crippen LogP contribution in [0.5, 0.6) is 0 Å². The molecule has 3 heteroatoms. The molecule has 0 aliphatic heterocycles. The van der Waals surface area contributed by atoms with Crippen LogP contribution < -0.4 is 11.1 Å². The molecule has 0 bridgehead atoms. The van der Waals surface area contributed by atoms with Gasteiger partial charge < -0.3 is 11.1 Å². The van der Waals surface area contributed by atoms with E-state index in [0.717, 1.165) is 18.5 Å². The van der Waals surface area contributed by atoms with Crippen LogP contribution in [0.4, 0.5) is 5.69 Å². The van der Waals surface area contributed by atoms with Crippen molar-refractivity contribution in [2.45, 2.75) is 59.3 Å². The van der Waals surface area contributed by atoms with Crippen molar-refractivity contribution >= 4 is 11.6 Å². The average Bonchev–Trinajstić information content (AvgIpc) is 2.44. The predicted octanol–water partition coefficient (Wildman–Crippen LogP) is 4.25. The minimum atomic E-state index is -0.0974. The number of amides is 1. The summed E-state index contributed by atoms with van der Waals surface area (Å²) in [7, 11) is 0. The van der Waals surface area contributed by atoms with E-state index in [2.05, 4.69) is 52.1 Å². The Bertz CT molecular complexity index is 466. The van der Waals surface area contributed by atoms with Gasteiger partial charge in [-0.05, 0) is 35.4 Å². The van der Waals surface area contributed by atoms with Gasteiger partial charge in [0.25, 0.3) is 0 Å². The summed E-state index contributed by atoms with van der Waals surface area (Å²) in [6, 6.07) is 6.34. The van der Waals surface area contributed by atoms with Crippen LogP contribution in [-0.2, 0) is 4.79 Å². The van der Waals surface area contributed by atoms with Gasteiger partial charge in [0, 0.05) is 12.2 Å². The zero-order chi connectivity index (χ0) is 16.0. The largest absolute Gasteiger partial charge is 0.330 e. The molecule has 1 rings (SSSR count). The number of benzene rings is 1. The molecule has 3 nitrogen and oxygen atoms in total. The Labute approximate surface area is 129 Å². The molecule has 1 aromatic carbocycles. The Morgan fingerprint density at radius 1 is 1.19 bits per heavy atom. The summed E-state index contributed by atoms with van der Waals surface area (Å²) in [5.74, 6) is 0.809. The molecule has 0 saturated carbocycles. The van der Waals surface area contributed by atoms with E-state index in [4.69, 9.17) is 5.73 Å². The summed E-state index contributed by atoms with van der Waals surface area (Å²) in [5.41, 5.74) is 9.14. The Balaban J connectivity index is 2.99. The summed E-state index contributed by atoms with van der Waals surface area (Å²) < 4.78 is 0. The second-order valence-corrected chi connectivity index (χ2v) is 6.37. The summed E-state index contributed by atoms with van der Waals surface area (Å²) in [6.07, 6.45) is 1.81. The zero-order valence-corrected chi connectivity index (χ0v) is 14.1. The molecule has 0 aliphatic carbocycles.